The van der Waals surface area contributed by atoms with Gasteiger partial charge in [-0.25, -0.2) is 0 Å². The van der Waals surface area contributed by atoms with Crippen LogP contribution in [0.3, 0.4) is 0 Å². The Morgan fingerprint density at radius 1 is 0.594 bits per heavy atom. The Labute approximate surface area is 193 Å². The van der Waals surface area contributed by atoms with Gasteiger partial charge in [0.15, 0.2) is 5.60 Å². The number of rotatable bonds is 4. The molecule has 0 saturated carbocycles. The predicted molar refractivity (Wildman–Crippen MR) is 136 cm³/mol. The Hall–Kier alpha value is -3.06. The average molecular weight is 423 g/mol. The van der Waals surface area contributed by atoms with Crippen molar-refractivity contribution in [2.45, 2.75) is 54.1 Å². The number of benzene rings is 3. The standard InChI is InChI=1S/C31H34O/c1-20-8-14-27(15-9-20)30-25(6)23(4)24(5)26(7)31(30,28-16-10-21(2)11-17-28)32-29-18-12-22(3)13-19-29/h8-19,26H,1-7H3. The topological polar surface area (TPSA) is 9.23 Å². The summed E-state index contributed by atoms with van der Waals surface area (Å²) in [5.41, 5.74) is 10.9. The van der Waals surface area contributed by atoms with Crippen LogP contribution in [0.5, 0.6) is 5.75 Å². The molecule has 0 saturated heterocycles. The molecule has 32 heavy (non-hydrogen) atoms. The molecule has 0 heterocycles. The summed E-state index contributed by atoms with van der Waals surface area (Å²) in [6.07, 6.45) is 0. The van der Waals surface area contributed by atoms with Crippen molar-refractivity contribution >= 4 is 5.57 Å². The lowest BCUT2D eigenvalue weighted by atomic mass is 9.65. The van der Waals surface area contributed by atoms with Gasteiger partial charge >= 0.3 is 0 Å². The molecule has 2 atom stereocenters. The summed E-state index contributed by atoms with van der Waals surface area (Å²) in [5, 5.41) is 0. The van der Waals surface area contributed by atoms with E-state index >= 15 is 0 Å². The first-order valence-corrected chi connectivity index (χ1v) is 11.5. The molecular weight excluding hydrogens is 388 g/mol. The van der Waals surface area contributed by atoms with E-state index in [-0.39, 0.29) is 5.92 Å². The second-order valence-electron chi connectivity index (χ2n) is 9.41. The van der Waals surface area contributed by atoms with Crippen LogP contribution in [0, 0.1) is 26.7 Å². The molecule has 1 aliphatic rings. The Morgan fingerprint density at radius 2 is 1.06 bits per heavy atom. The molecule has 1 heteroatoms. The summed E-state index contributed by atoms with van der Waals surface area (Å²) in [6, 6.07) is 26.2. The molecule has 0 N–H and O–H groups in total. The first-order valence-electron chi connectivity index (χ1n) is 11.5. The fraction of sp³-hybridized carbons (Fsp3) is 0.290. The van der Waals surface area contributed by atoms with Crippen LogP contribution in [0.1, 0.15) is 55.5 Å². The Bertz CT molecular complexity index is 1170. The maximum atomic E-state index is 7.13. The molecular formula is C31H34O. The van der Waals surface area contributed by atoms with Gasteiger partial charge in [-0.15, -0.1) is 0 Å². The molecule has 2 unspecified atom stereocenters. The highest BCUT2D eigenvalue weighted by Crippen LogP contribution is 2.54. The van der Waals surface area contributed by atoms with E-state index in [1.165, 1.54) is 50.1 Å². The lowest BCUT2D eigenvalue weighted by molar-refractivity contribution is 0.0832. The largest absolute Gasteiger partial charge is 0.477 e. The zero-order valence-electron chi connectivity index (χ0n) is 20.4. The lowest BCUT2D eigenvalue weighted by Gasteiger charge is -2.47. The minimum atomic E-state index is -0.619. The number of hydrogen-bond acceptors (Lipinski definition) is 1. The molecule has 0 amide bonds. The Morgan fingerprint density at radius 3 is 1.59 bits per heavy atom. The van der Waals surface area contributed by atoms with Crippen molar-refractivity contribution in [2.24, 2.45) is 5.92 Å². The fourth-order valence-corrected chi connectivity index (χ4v) is 4.95. The van der Waals surface area contributed by atoms with Crippen LogP contribution < -0.4 is 4.74 Å². The minimum Gasteiger partial charge on any atom is -0.477 e. The number of hydrogen-bond donors (Lipinski definition) is 0. The van der Waals surface area contributed by atoms with Gasteiger partial charge in [0.1, 0.15) is 5.75 Å². The second kappa shape index (κ2) is 8.47. The summed E-state index contributed by atoms with van der Waals surface area (Å²) >= 11 is 0. The maximum Gasteiger partial charge on any atom is 0.166 e. The highest BCUT2D eigenvalue weighted by atomic mass is 16.5. The first kappa shape index (κ1) is 22.1. The van der Waals surface area contributed by atoms with Gasteiger partial charge < -0.3 is 4.74 Å². The van der Waals surface area contributed by atoms with E-state index in [9.17, 15) is 0 Å². The van der Waals surface area contributed by atoms with E-state index in [1.807, 2.05) is 0 Å². The van der Waals surface area contributed by atoms with Gasteiger partial charge in [0.2, 0.25) is 0 Å². The summed E-state index contributed by atoms with van der Waals surface area (Å²) in [7, 11) is 0. The molecule has 0 aromatic heterocycles. The van der Waals surface area contributed by atoms with Crippen LogP contribution in [-0.4, -0.2) is 0 Å². The maximum absolute atomic E-state index is 7.13. The zero-order chi connectivity index (χ0) is 23.0. The molecule has 3 aromatic rings. The summed E-state index contributed by atoms with van der Waals surface area (Å²) < 4.78 is 7.13. The molecule has 0 fully saturated rings. The molecule has 1 nitrogen and oxygen atoms in total. The third-order valence-electron chi connectivity index (χ3n) is 7.28. The molecule has 4 rings (SSSR count). The van der Waals surface area contributed by atoms with Crippen molar-refractivity contribution in [3.63, 3.8) is 0 Å². The predicted octanol–water partition coefficient (Wildman–Crippen LogP) is 8.35. The van der Waals surface area contributed by atoms with Crippen LogP contribution in [0.15, 0.2) is 89.5 Å². The molecule has 164 valence electrons. The van der Waals surface area contributed by atoms with E-state index < -0.39 is 5.60 Å². The lowest BCUT2D eigenvalue weighted by Crippen LogP contribution is -2.44. The SMILES string of the molecule is CC1=C(C)C(C)C(Oc2ccc(C)cc2)(c2ccc(C)cc2)C(c2ccc(C)cc2)=C1C. The van der Waals surface area contributed by atoms with Gasteiger partial charge in [-0.2, -0.15) is 0 Å². The normalized spacial score (nSPS) is 21.2. The Kier molecular flexibility index (Phi) is 5.86. The van der Waals surface area contributed by atoms with Crippen molar-refractivity contribution in [1.82, 2.24) is 0 Å². The fourth-order valence-electron chi connectivity index (χ4n) is 4.95. The van der Waals surface area contributed by atoms with E-state index in [2.05, 4.69) is 121 Å². The van der Waals surface area contributed by atoms with E-state index in [0.29, 0.717) is 0 Å². The summed E-state index contributed by atoms with van der Waals surface area (Å²) in [4.78, 5) is 0. The third-order valence-corrected chi connectivity index (χ3v) is 7.28. The zero-order valence-corrected chi connectivity index (χ0v) is 20.4. The van der Waals surface area contributed by atoms with Crippen LogP contribution in [0.2, 0.25) is 0 Å². The quantitative estimate of drug-likeness (QED) is 0.410. The average Bonchev–Trinajstić information content (AvgIpc) is 2.79. The molecule has 0 radical (unpaired) electrons. The van der Waals surface area contributed by atoms with Crippen LogP contribution in [0.4, 0.5) is 0 Å². The molecule has 0 bridgehead atoms. The van der Waals surface area contributed by atoms with Crippen molar-refractivity contribution in [2.75, 3.05) is 0 Å². The second-order valence-corrected chi connectivity index (χ2v) is 9.41. The van der Waals surface area contributed by atoms with Crippen LogP contribution in [-0.2, 0) is 5.60 Å². The van der Waals surface area contributed by atoms with Crippen molar-refractivity contribution in [1.29, 1.82) is 0 Å². The smallest absolute Gasteiger partial charge is 0.166 e. The van der Waals surface area contributed by atoms with Gasteiger partial charge in [-0.1, -0.05) is 89.9 Å². The highest BCUT2D eigenvalue weighted by molar-refractivity contribution is 5.82. The van der Waals surface area contributed by atoms with Gasteiger partial charge in [-0.05, 0) is 70.4 Å². The van der Waals surface area contributed by atoms with Crippen LogP contribution >= 0.6 is 0 Å². The molecule has 0 aliphatic heterocycles. The Balaban J connectivity index is 2.05. The van der Waals surface area contributed by atoms with Gasteiger partial charge in [0, 0.05) is 17.1 Å². The summed E-state index contributed by atoms with van der Waals surface area (Å²) in [5.74, 6) is 1.07. The van der Waals surface area contributed by atoms with E-state index in [1.54, 1.807) is 0 Å². The molecule has 1 aliphatic carbocycles. The number of aryl methyl sites for hydroxylation is 3. The van der Waals surface area contributed by atoms with Crippen molar-refractivity contribution in [3.8, 4) is 5.75 Å². The van der Waals surface area contributed by atoms with Gasteiger partial charge in [0.05, 0.1) is 0 Å². The molecule has 3 aromatic carbocycles. The van der Waals surface area contributed by atoms with E-state index in [0.717, 1.165) is 5.75 Å². The van der Waals surface area contributed by atoms with Crippen molar-refractivity contribution < 1.29 is 4.74 Å². The van der Waals surface area contributed by atoms with E-state index in [4.69, 9.17) is 4.74 Å². The van der Waals surface area contributed by atoms with Gasteiger partial charge in [-0.3, -0.25) is 0 Å². The highest BCUT2D eigenvalue weighted by Gasteiger charge is 2.49. The minimum absolute atomic E-state index is 0.173. The van der Waals surface area contributed by atoms with Gasteiger partial charge in [0.25, 0.3) is 0 Å². The summed E-state index contributed by atoms with van der Waals surface area (Å²) in [6.45, 7) is 15.5. The first-order chi connectivity index (χ1) is 15.2. The molecule has 0 spiro atoms. The number of allylic oxidation sites excluding steroid dienone is 2. The third kappa shape index (κ3) is 3.71. The van der Waals surface area contributed by atoms with Crippen molar-refractivity contribution in [3.05, 3.63) is 117 Å². The van der Waals surface area contributed by atoms with Crippen LogP contribution in [0.25, 0.3) is 5.57 Å². The monoisotopic (exact) mass is 422 g/mol. The number of ether oxygens (including phenoxy) is 1.